The van der Waals surface area contributed by atoms with Crippen molar-refractivity contribution in [3.05, 3.63) is 65.5 Å². The molecule has 5 heteroatoms. The van der Waals surface area contributed by atoms with E-state index in [1.165, 1.54) is 12.3 Å². The predicted molar refractivity (Wildman–Crippen MR) is 89.1 cm³/mol. The zero-order valence-corrected chi connectivity index (χ0v) is 13.6. The molecule has 0 saturated heterocycles. The molecule has 0 atom stereocenters. The monoisotopic (exact) mass is 311 g/mol. The average Bonchev–Trinajstić information content (AvgIpc) is 2.54. The van der Waals surface area contributed by atoms with Crippen molar-refractivity contribution in [3.63, 3.8) is 0 Å². The summed E-state index contributed by atoms with van der Waals surface area (Å²) in [5, 5.41) is 2.77. The first-order valence-corrected chi connectivity index (χ1v) is 7.53. The van der Waals surface area contributed by atoms with Crippen molar-refractivity contribution in [2.75, 3.05) is 7.05 Å². The summed E-state index contributed by atoms with van der Waals surface area (Å²) in [6.45, 7) is 4.26. The van der Waals surface area contributed by atoms with Crippen LogP contribution in [0.1, 0.15) is 40.3 Å². The second-order valence-corrected chi connectivity index (χ2v) is 5.70. The van der Waals surface area contributed by atoms with Gasteiger partial charge in [0.05, 0.1) is 0 Å². The number of benzene rings is 1. The molecule has 2 aromatic rings. The van der Waals surface area contributed by atoms with E-state index in [2.05, 4.69) is 10.3 Å². The molecule has 0 aliphatic rings. The van der Waals surface area contributed by atoms with E-state index in [9.17, 15) is 9.59 Å². The third-order valence-corrected chi connectivity index (χ3v) is 3.27. The molecule has 0 bridgehead atoms. The number of aromatic nitrogens is 1. The third-order valence-electron chi connectivity index (χ3n) is 3.27. The molecule has 0 radical (unpaired) electrons. The predicted octanol–water partition coefficient (Wildman–Crippen LogP) is 2.49. The fraction of sp³-hybridized carbons (Fsp3) is 0.278. The van der Waals surface area contributed by atoms with Crippen molar-refractivity contribution in [2.45, 2.75) is 26.4 Å². The Labute approximate surface area is 136 Å². The third kappa shape index (κ3) is 4.64. The van der Waals surface area contributed by atoms with Gasteiger partial charge in [0.15, 0.2) is 0 Å². The zero-order chi connectivity index (χ0) is 16.8. The summed E-state index contributed by atoms with van der Waals surface area (Å²) in [5.41, 5.74) is 1.75. The van der Waals surface area contributed by atoms with Gasteiger partial charge in [-0.05, 0) is 31.5 Å². The molecule has 0 fully saturated rings. The van der Waals surface area contributed by atoms with Crippen LogP contribution in [0.3, 0.4) is 0 Å². The van der Waals surface area contributed by atoms with Crippen molar-refractivity contribution in [3.8, 4) is 0 Å². The minimum Gasteiger partial charge on any atom is -0.349 e. The van der Waals surface area contributed by atoms with Gasteiger partial charge in [0.25, 0.3) is 11.8 Å². The van der Waals surface area contributed by atoms with Crippen molar-refractivity contribution < 1.29 is 9.59 Å². The van der Waals surface area contributed by atoms with Crippen LogP contribution in [0.25, 0.3) is 0 Å². The van der Waals surface area contributed by atoms with E-state index in [1.54, 1.807) is 18.0 Å². The lowest BCUT2D eigenvalue weighted by molar-refractivity contribution is 0.0785. The standard InChI is InChI=1S/C18H21N3O2/c1-13(2)20-17(22)16-11-15(9-10-19-16)18(23)21(3)12-14-7-5-4-6-8-14/h4-11,13H,12H2,1-3H3,(H,20,22). The zero-order valence-electron chi connectivity index (χ0n) is 13.6. The summed E-state index contributed by atoms with van der Waals surface area (Å²) in [6.07, 6.45) is 1.48. The first-order valence-electron chi connectivity index (χ1n) is 7.53. The number of hydrogen-bond acceptors (Lipinski definition) is 3. The van der Waals surface area contributed by atoms with Crippen LogP contribution in [0.4, 0.5) is 0 Å². The van der Waals surface area contributed by atoms with Crippen molar-refractivity contribution >= 4 is 11.8 Å². The van der Waals surface area contributed by atoms with Crippen LogP contribution in [0.2, 0.25) is 0 Å². The van der Waals surface area contributed by atoms with Gasteiger partial charge in [0.2, 0.25) is 0 Å². The number of carbonyl (C=O) groups excluding carboxylic acids is 2. The number of rotatable bonds is 5. The molecule has 2 amide bonds. The van der Waals surface area contributed by atoms with E-state index in [0.29, 0.717) is 12.1 Å². The highest BCUT2D eigenvalue weighted by Gasteiger charge is 2.15. The summed E-state index contributed by atoms with van der Waals surface area (Å²) in [7, 11) is 1.74. The summed E-state index contributed by atoms with van der Waals surface area (Å²) in [5.74, 6) is -0.421. The first kappa shape index (κ1) is 16.7. The number of carbonyl (C=O) groups is 2. The largest absolute Gasteiger partial charge is 0.349 e. The number of hydrogen-bond donors (Lipinski definition) is 1. The highest BCUT2D eigenvalue weighted by molar-refractivity contribution is 5.98. The summed E-state index contributed by atoms with van der Waals surface area (Å²) >= 11 is 0. The van der Waals surface area contributed by atoms with Crippen LogP contribution in [0.15, 0.2) is 48.7 Å². The summed E-state index contributed by atoms with van der Waals surface area (Å²) < 4.78 is 0. The molecule has 23 heavy (non-hydrogen) atoms. The molecule has 1 heterocycles. The lowest BCUT2D eigenvalue weighted by Gasteiger charge is -2.17. The van der Waals surface area contributed by atoms with Gasteiger partial charge in [-0.1, -0.05) is 30.3 Å². The SMILES string of the molecule is CC(C)NC(=O)c1cc(C(=O)N(C)Cc2ccccc2)ccn1. The molecular formula is C18H21N3O2. The maximum Gasteiger partial charge on any atom is 0.270 e. The fourth-order valence-electron chi connectivity index (χ4n) is 2.17. The summed E-state index contributed by atoms with van der Waals surface area (Å²) in [6, 6.07) is 12.9. The van der Waals surface area contributed by atoms with E-state index >= 15 is 0 Å². The van der Waals surface area contributed by atoms with Gasteiger partial charge in [0, 0.05) is 31.4 Å². The van der Waals surface area contributed by atoms with Gasteiger partial charge in [-0.3, -0.25) is 14.6 Å². The number of nitrogens with zero attached hydrogens (tertiary/aromatic N) is 2. The van der Waals surface area contributed by atoms with Gasteiger partial charge in [-0.2, -0.15) is 0 Å². The van der Waals surface area contributed by atoms with Crippen LogP contribution in [-0.4, -0.2) is 34.8 Å². The molecule has 2 rings (SSSR count). The van der Waals surface area contributed by atoms with Crippen LogP contribution in [0, 0.1) is 0 Å². The molecule has 0 spiro atoms. The van der Waals surface area contributed by atoms with Crippen molar-refractivity contribution in [1.82, 2.24) is 15.2 Å². The Morgan fingerprint density at radius 3 is 2.52 bits per heavy atom. The molecule has 0 aliphatic heterocycles. The van der Waals surface area contributed by atoms with Crippen LogP contribution >= 0.6 is 0 Å². The maximum absolute atomic E-state index is 12.5. The Morgan fingerprint density at radius 1 is 1.17 bits per heavy atom. The van der Waals surface area contributed by atoms with Gasteiger partial charge in [-0.25, -0.2) is 0 Å². The Kier molecular flexibility index (Phi) is 5.46. The molecule has 5 nitrogen and oxygen atoms in total. The van der Waals surface area contributed by atoms with Crippen LogP contribution in [-0.2, 0) is 6.54 Å². The molecule has 1 N–H and O–H groups in total. The molecule has 1 aromatic carbocycles. The minimum atomic E-state index is -0.277. The average molecular weight is 311 g/mol. The quantitative estimate of drug-likeness (QED) is 0.923. The van der Waals surface area contributed by atoms with Crippen LogP contribution in [0.5, 0.6) is 0 Å². The number of amides is 2. The molecule has 0 aliphatic carbocycles. The first-order chi connectivity index (χ1) is 11.0. The molecule has 0 saturated carbocycles. The lowest BCUT2D eigenvalue weighted by atomic mass is 10.1. The molecule has 1 aromatic heterocycles. The van der Waals surface area contributed by atoms with Crippen LogP contribution < -0.4 is 5.32 Å². The molecular weight excluding hydrogens is 290 g/mol. The molecule has 0 unspecified atom stereocenters. The smallest absolute Gasteiger partial charge is 0.270 e. The van der Waals surface area contributed by atoms with E-state index in [4.69, 9.17) is 0 Å². The van der Waals surface area contributed by atoms with E-state index in [0.717, 1.165) is 5.56 Å². The van der Waals surface area contributed by atoms with Gasteiger partial charge in [-0.15, -0.1) is 0 Å². The van der Waals surface area contributed by atoms with Crippen molar-refractivity contribution in [2.24, 2.45) is 0 Å². The maximum atomic E-state index is 12.5. The Morgan fingerprint density at radius 2 is 1.87 bits per heavy atom. The lowest BCUT2D eigenvalue weighted by Crippen LogP contribution is -2.31. The number of pyridine rings is 1. The Hall–Kier alpha value is -2.69. The van der Waals surface area contributed by atoms with E-state index < -0.39 is 0 Å². The van der Waals surface area contributed by atoms with Gasteiger partial charge in [0.1, 0.15) is 5.69 Å². The normalized spacial score (nSPS) is 10.4. The van der Waals surface area contributed by atoms with Gasteiger partial charge < -0.3 is 10.2 Å². The Balaban J connectivity index is 2.11. The van der Waals surface area contributed by atoms with Crippen molar-refractivity contribution in [1.29, 1.82) is 0 Å². The second-order valence-electron chi connectivity index (χ2n) is 5.70. The molecule has 120 valence electrons. The summed E-state index contributed by atoms with van der Waals surface area (Å²) in [4.78, 5) is 30.2. The van der Waals surface area contributed by atoms with Gasteiger partial charge >= 0.3 is 0 Å². The van der Waals surface area contributed by atoms with E-state index in [1.807, 2.05) is 44.2 Å². The topological polar surface area (TPSA) is 62.3 Å². The van der Waals surface area contributed by atoms with E-state index in [-0.39, 0.29) is 23.6 Å². The second kappa shape index (κ2) is 7.54. The highest BCUT2D eigenvalue weighted by atomic mass is 16.2. The highest BCUT2D eigenvalue weighted by Crippen LogP contribution is 2.09. The fourth-order valence-corrected chi connectivity index (χ4v) is 2.17. The Bertz CT molecular complexity index is 684. The number of nitrogens with one attached hydrogen (secondary N) is 1. The minimum absolute atomic E-state index is 0.0180.